The first-order valence-electron chi connectivity index (χ1n) is 13.6. The first-order chi connectivity index (χ1) is 19.4. The van der Waals surface area contributed by atoms with Gasteiger partial charge in [0.1, 0.15) is 18.8 Å². The molecule has 0 bridgehead atoms. The second-order valence-corrected chi connectivity index (χ2v) is 10.1. The summed E-state index contributed by atoms with van der Waals surface area (Å²) < 4.78 is 16.9. The molecule has 3 aromatic rings. The summed E-state index contributed by atoms with van der Waals surface area (Å²) in [6, 6.07) is 28.1. The average Bonchev–Trinajstić information content (AvgIpc) is 3.29. The van der Waals surface area contributed by atoms with Gasteiger partial charge >= 0.3 is 18.2 Å². The van der Waals surface area contributed by atoms with Crippen molar-refractivity contribution in [2.75, 3.05) is 6.54 Å². The van der Waals surface area contributed by atoms with Crippen LogP contribution in [0.5, 0.6) is 0 Å². The molecule has 2 unspecified atom stereocenters. The summed E-state index contributed by atoms with van der Waals surface area (Å²) in [6.45, 7) is 4.46. The molecule has 1 saturated heterocycles. The van der Waals surface area contributed by atoms with E-state index >= 15 is 0 Å². The number of hydrogen-bond donors (Lipinski definition) is 1. The number of esters is 1. The van der Waals surface area contributed by atoms with E-state index in [9.17, 15) is 14.4 Å². The molecule has 8 heteroatoms. The summed E-state index contributed by atoms with van der Waals surface area (Å²) in [4.78, 5) is 40.8. The van der Waals surface area contributed by atoms with Gasteiger partial charge in [0, 0.05) is 12.1 Å². The number of carbonyl (C=O) groups excluding carboxylic acids is 3. The van der Waals surface area contributed by atoms with Crippen LogP contribution in [0.15, 0.2) is 91.0 Å². The van der Waals surface area contributed by atoms with Gasteiger partial charge in [-0.3, -0.25) is 4.90 Å². The Morgan fingerprint density at radius 3 is 1.98 bits per heavy atom. The standard InChI is InChI=1S/C32H36N2O6/c1-24(2)32(20-12-13-21-33-30(36)38-22-25-14-6-3-7-15-25)29(35)40-28(27-18-10-5-11-19-27)34(32)31(37)39-23-26-16-8-4-9-17-26/h3-11,14-19,24,28H,12-13,20-23H2,1-2H3,(H,33,36). The number of unbranched alkanes of at least 4 members (excludes halogenated alkanes) is 1. The number of rotatable bonds is 11. The highest BCUT2D eigenvalue weighted by Gasteiger charge is 2.60. The lowest BCUT2D eigenvalue weighted by Gasteiger charge is -2.38. The highest BCUT2D eigenvalue weighted by Crippen LogP contribution is 2.45. The van der Waals surface area contributed by atoms with Crippen molar-refractivity contribution in [2.24, 2.45) is 5.92 Å². The van der Waals surface area contributed by atoms with Gasteiger partial charge in [-0.25, -0.2) is 14.4 Å². The zero-order chi connectivity index (χ0) is 28.4. The predicted octanol–water partition coefficient (Wildman–Crippen LogP) is 6.37. The van der Waals surface area contributed by atoms with Gasteiger partial charge in [-0.2, -0.15) is 0 Å². The van der Waals surface area contributed by atoms with Gasteiger partial charge in [-0.1, -0.05) is 105 Å². The number of nitrogens with zero attached hydrogens (tertiary/aromatic N) is 1. The molecular formula is C32H36N2O6. The lowest BCUT2D eigenvalue weighted by atomic mass is 9.80. The number of nitrogens with one attached hydrogen (secondary N) is 1. The number of hydrogen-bond acceptors (Lipinski definition) is 6. The number of alkyl carbamates (subject to hydrolysis) is 1. The van der Waals surface area contributed by atoms with Crippen molar-refractivity contribution in [3.05, 3.63) is 108 Å². The molecular weight excluding hydrogens is 508 g/mol. The third-order valence-corrected chi connectivity index (χ3v) is 7.15. The van der Waals surface area contributed by atoms with Crippen molar-refractivity contribution in [1.29, 1.82) is 0 Å². The molecule has 0 spiro atoms. The van der Waals surface area contributed by atoms with Crippen molar-refractivity contribution >= 4 is 18.2 Å². The first-order valence-corrected chi connectivity index (χ1v) is 13.6. The van der Waals surface area contributed by atoms with E-state index in [4.69, 9.17) is 14.2 Å². The Bertz CT molecular complexity index is 1250. The van der Waals surface area contributed by atoms with Crippen LogP contribution in [0.2, 0.25) is 0 Å². The van der Waals surface area contributed by atoms with Gasteiger partial charge in [-0.05, 0) is 36.3 Å². The molecule has 1 N–H and O–H groups in total. The Morgan fingerprint density at radius 1 is 0.850 bits per heavy atom. The maximum absolute atomic E-state index is 13.6. The Hall–Kier alpha value is -4.33. The van der Waals surface area contributed by atoms with E-state index in [1.54, 1.807) is 0 Å². The molecule has 1 aliphatic heterocycles. The highest BCUT2D eigenvalue weighted by atomic mass is 16.6. The van der Waals surface area contributed by atoms with E-state index in [1.807, 2.05) is 105 Å². The van der Waals surface area contributed by atoms with Crippen molar-refractivity contribution < 1.29 is 28.6 Å². The molecule has 4 rings (SSSR count). The second kappa shape index (κ2) is 13.6. The number of benzene rings is 3. The molecule has 2 atom stereocenters. The fourth-order valence-corrected chi connectivity index (χ4v) is 4.96. The summed E-state index contributed by atoms with van der Waals surface area (Å²) in [7, 11) is 0. The molecule has 1 heterocycles. The van der Waals surface area contributed by atoms with E-state index in [2.05, 4.69) is 5.32 Å². The van der Waals surface area contributed by atoms with Crippen LogP contribution in [-0.2, 0) is 32.2 Å². The van der Waals surface area contributed by atoms with E-state index in [0.717, 1.165) is 11.1 Å². The van der Waals surface area contributed by atoms with Gasteiger partial charge in [0.05, 0.1) is 0 Å². The predicted molar refractivity (Wildman–Crippen MR) is 150 cm³/mol. The maximum Gasteiger partial charge on any atom is 0.414 e. The lowest BCUT2D eigenvalue weighted by molar-refractivity contribution is -0.147. The highest BCUT2D eigenvalue weighted by molar-refractivity contribution is 5.89. The zero-order valence-corrected chi connectivity index (χ0v) is 23.0. The molecule has 40 heavy (non-hydrogen) atoms. The Morgan fingerprint density at radius 2 is 1.40 bits per heavy atom. The van der Waals surface area contributed by atoms with Crippen LogP contribution in [0.1, 0.15) is 56.0 Å². The minimum Gasteiger partial charge on any atom is -0.445 e. The summed E-state index contributed by atoms with van der Waals surface area (Å²) in [6.07, 6.45) is -0.502. The topological polar surface area (TPSA) is 94.2 Å². The van der Waals surface area contributed by atoms with Gasteiger partial charge in [0.15, 0.2) is 0 Å². The van der Waals surface area contributed by atoms with E-state index in [0.29, 0.717) is 31.4 Å². The van der Waals surface area contributed by atoms with Crippen LogP contribution in [-0.4, -0.2) is 35.1 Å². The molecule has 0 aromatic heterocycles. The Kier molecular flexibility index (Phi) is 9.78. The molecule has 2 amide bonds. The van der Waals surface area contributed by atoms with Crippen LogP contribution in [0.4, 0.5) is 9.59 Å². The van der Waals surface area contributed by atoms with Crippen LogP contribution in [0.25, 0.3) is 0 Å². The quantitative estimate of drug-likeness (QED) is 0.171. The van der Waals surface area contributed by atoms with E-state index in [1.165, 1.54) is 4.90 Å². The van der Waals surface area contributed by atoms with Gasteiger partial charge < -0.3 is 19.5 Å². The Labute approximate surface area is 235 Å². The molecule has 1 aliphatic rings. The largest absolute Gasteiger partial charge is 0.445 e. The Balaban J connectivity index is 1.42. The van der Waals surface area contributed by atoms with Crippen molar-refractivity contribution in [3.63, 3.8) is 0 Å². The number of carbonyl (C=O) groups is 3. The fraction of sp³-hybridized carbons (Fsp3) is 0.344. The van der Waals surface area contributed by atoms with Crippen molar-refractivity contribution in [2.45, 2.75) is 58.1 Å². The molecule has 8 nitrogen and oxygen atoms in total. The van der Waals surface area contributed by atoms with E-state index in [-0.39, 0.29) is 19.1 Å². The normalized spacial score (nSPS) is 18.3. The number of amides is 2. The maximum atomic E-state index is 13.6. The van der Waals surface area contributed by atoms with Crippen LogP contribution < -0.4 is 5.32 Å². The van der Waals surface area contributed by atoms with Crippen molar-refractivity contribution in [3.8, 4) is 0 Å². The summed E-state index contributed by atoms with van der Waals surface area (Å²) in [5, 5.41) is 2.76. The first kappa shape index (κ1) is 28.7. The van der Waals surface area contributed by atoms with Crippen molar-refractivity contribution in [1.82, 2.24) is 10.2 Å². The van der Waals surface area contributed by atoms with Gasteiger partial charge in [-0.15, -0.1) is 0 Å². The zero-order valence-electron chi connectivity index (χ0n) is 23.0. The average molecular weight is 545 g/mol. The monoisotopic (exact) mass is 544 g/mol. The summed E-state index contributed by atoms with van der Waals surface area (Å²) in [5.41, 5.74) is 1.22. The number of cyclic esters (lactones) is 1. The third-order valence-electron chi connectivity index (χ3n) is 7.15. The minimum atomic E-state index is -1.22. The fourth-order valence-electron chi connectivity index (χ4n) is 4.96. The molecule has 1 fully saturated rings. The van der Waals surface area contributed by atoms with Gasteiger partial charge in [0.25, 0.3) is 0 Å². The van der Waals surface area contributed by atoms with Crippen LogP contribution in [0, 0.1) is 5.92 Å². The van der Waals surface area contributed by atoms with Gasteiger partial charge in [0.2, 0.25) is 6.23 Å². The smallest absolute Gasteiger partial charge is 0.414 e. The second-order valence-electron chi connectivity index (χ2n) is 10.1. The summed E-state index contributed by atoms with van der Waals surface area (Å²) >= 11 is 0. The molecule has 0 aliphatic carbocycles. The van der Waals surface area contributed by atoms with E-state index < -0.39 is 29.9 Å². The number of ether oxygens (including phenoxy) is 3. The van der Waals surface area contributed by atoms with Crippen LogP contribution in [0.3, 0.4) is 0 Å². The molecule has 3 aromatic carbocycles. The van der Waals surface area contributed by atoms with Crippen LogP contribution >= 0.6 is 0 Å². The molecule has 210 valence electrons. The SMILES string of the molecule is CC(C)C1(CCCCNC(=O)OCc2ccccc2)C(=O)OC(c2ccccc2)N1C(=O)OCc1ccccc1. The summed E-state index contributed by atoms with van der Waals surface area (Å²) in [5.74, 6) is -0.704. The molecule has 0 saturated carbocycles. The lowest BCUT2D eigenvalue weighted by Crippen LogP contribution is -2.55. The minimum absolute atomic E-state index is 0.0784. The third kappa shape index (κ3) is 6.81. The molecule has 0 radical (unpaired) electrons.